The molecule has 96 valence electrons. The zero-order chi connectivity index (χ0) is 12.8. The smallest absolute Gasteiger partial charge is 0.326 e. The maximum absolute atomic E-state index is 11.5. The number of nitrogens with zero attached hydrogens (tertiary/aromatic N) is 2. The summed E-state index contributed by atoms with van der Waals surface area (Å²) in [6.45, 7) is 2.75. The van der Waals surface area contributed by atoms with Crippen LogP contribution in [0.3, 0.4) is 0 Å². The second-order valence-corrected chi connectivity index (χ2v) is 4.01. The first kappa shape index (κ1) is 13.5. The summed E-state index contributed by atoms with van der Waals surface area (Å²) in [6.07, 6.45) is 1.48. The highest BCUT2D eigenvalue weighted by molar-refractivity contribution is 6.01. The van der Waals surface area contributed by atoms with Gasteiger partial charge in [0.25, 0.3) is 0 Å². The van der Waals surface area contributed by atoms with Gasteiger partial charge in [-0.1, -0.05) is 6.92 Å². The molecule has 0 saturated carbocycles. The SMILES string of the molecule is CCCOC(=O)CCCN1C(=O)CN(C)C1=O. The van der Waals surface area contributed by atoms with Crippen LogP contribution in [0.5, 0.6) is 0 Å². The lowest BCUT2D eigenvalue weighted by Crippen LogP contribution is -2.32. The first-order valence-corrected chi connectivity index (χ1v) is 5.77. The van der Waals surface area contributed by atoms with Crippen LogP contribution in [0.4, 0.5) is 4.79 Å². The van der Waals surface area contributed by atoms with Crippen LogP contribution in [0.25, 0.3) is 0 Å². The molecule has 0 bridgehead atoms. The van der Waals surface area contributed by atoms with Crippen LogP contribution in [0, 0.1) is 0 Å². The molecule has 17 heavy (non-hydrogen) atoms. The predicted octanol–water partition coefficient (Wildman–Crippen LogP) is 0.614. The van der Waals surface area contributed by atoms with Gasteiger partial charge in [-0.05, 0) is 12.8 Å². The second-order valence-electron chi connectivity index (χ2n) is 4.01. The summed E-state index contributed by atoms with van der Waals surface area (Å²) >= 11 is 0. The monoisotopic (exact) mass is 242 g/mol. The Bertz CT molecular complexity index is 317. The van der Waals surface area contributed by atoms with Gasteiger partial charge in [-0.15, -0.1) is 0 Å². The Morgan fingerprint density at radius 1 is 1.41 bits per heavy atom. The molecular formula is C11H18N2O4. The van der Waals surface area contributed by atoms with Crippen LogP contribution in [0.2, 0.25) is 0 Å². The van der Waals surface area contributed by atoms with Gasteiger partial charge in [0.05, 0.1) is 6.61 Å². The van der Waals surface area contributed by atoms with Gasteiger partial charge in [-0.3, -0.25) is 14.5 Å². The first-order valence-electron chi connectivity index (χ1n) is 5.77. The Labute approximate surface area is 101 Å². The number of rotatable bonds is 6. The number of esters is 1. The van der Waals surface area contributed by atoms with E-state index in [1.165, 1.54) is 9.80 Å². The van der Waals surface area contributed by atoms with Crippen molar-refractivity contribution in [1.82, 2.24) is 9.80 Å². The molecule has 1 heterocycles. The number of imide groups is 1. The van der Waals surface area contributed by atoms with E-state index < -0.39 is 0 Å². The standard InChI is InChI=1S/C11H18N2O4/c1-3-7-17-10(15)5-4-6-13-9(14)8-12(2)11(13)16/h3-8H2,1-2H3. The number of amides is 3. The molecule has 0 aromatic rings. The average molecular weight is 242 g/mol. The molecule has 3 amide bonds. The van der Waals surface area contributed by atoms with E-state index in [1.807, 2.05) is 6.92 Å². The summed E-state index contributed by atoms with van der Waals surface area (Å²) in [5.41, 5.74) is 0. The lowest BCUT2D eigenvalue weighted by Gasteiger charge is -2.13. The summed E-state index contributed by atoms with van der Waals surface area (Å²) in [5.74, 6) is -0.487. The van der Waals surface area contributed by atoms with Crippen LogP contribution in [0.1, 0.15) is 26.2 Å². The Morgan fingerprint density at radius 2 is 2.12 bits per heavy atom. The van der Waals surface area contributed by atoms with Gasteiger partial charge >= 0.3 is 12.0 Å². The van der Waals surface area contributed by atoms with Gasteiger partial charge in [0.15, 0.2) is 0 Å². The van der Waals surface area contributed by atoms with E-state index in [4.69, 9.17) is 4.74 Å². The predicted molar refractivity (Wildman–Crippen MR) is 60.2 cm³/mol. The van der Waals surface area contributed by atoms with Crippen molar-refractivity contribution in [2.75, 3.05) is 26.7 Å². The molecular weight excluding hydrogens is 224 g/mol. The second kappa shape index (κ2) is 6.22. The number of carbonyl (C=O) groups excluding carboxylic acids is 3. The van der Waals surface area contributed by atoms with Gasteiger partial charge in [0, 0.05) is 20.0 Å². The van der Waals surface area contributed by atoms with Crippen molar-refractivity contribution in [1.29, 1.82) is 0 Å². The molecule has 6 nitrogen and oxygen atoms in total. The molecule has 1 fully saturated rings. The van der Waals surface area contributed by atoms with Gasteiger partial charge in [0.2, 0.25) is 5.91 Å². The van der Waals surface area contributed by atoms with E-state index in [9.17, 15) is 14.4 Å². The van der Waals surface area contributed by atoms with E-state index in [1.54, 1.807) is 7.05 Å². The summed E-state index contributed by atoms with van der Waals surface area (Å²) < 4.78 is 4.89. The topological polar surface area (TPSA) is 66.9 Å². The Kier molecular flexibility index (Phi) is 4.93. The molecule has 0 radical (unpaired) electrons. The minimum absolute atomic E-state index is 0.124. The fourth-order valence-electron chi connectivity index (χ4n) is 1.56. The van der Waals surface area contributed by atoms with Crippen LogP contribution >= 0.6 is 0 Å². The summed E-state index contributed by atoms with van der Waals surface area (Å²) in [6, 6.07) is -0.295. The number of urea groups is 1. The third-order valence-electron chi connectivity index (χ3n) is 2.46. The minimum Gasteiger partial charge on any atom is -0.466 e. The molecule has 0 aromatic carbocycles. The first-order chi connectivity index (χ1) is 8.06. The zero-order valence-corrected chi connectivity index (χ0v) is 10.3. The highest BCUT2D eigenvalue weighted by atomic mass is 16.5. The lowest BCUT2D eigenvalue weighted by atomic mass is 10.3. The van der Waals surface area contributed by atoms with E-state index in [-0.39, 0.29) is 37.4 Å². The maximum Gasteiger partial charge on any atom is 0.326 e. The van der Waals surface area contributed by atoms with Crippen LogP contribution < -0.4 is 0 Å². The van der Waals surface area contributed by atoms with Gasteiger partial charge in [-0.25, -0.2) is 4.79 Å². The fraction of sp³-hybridized carbons (Fsp3) is 0.727. The molecule has 0 N–H and O–H groups in total. The van der Waals surface area contributed by atoms with Crippen molar-refractivity contribution in [3.8, 4) is 0 Å². The number of hydrogen-bond acceptors (Lipinski definition) is 4. The number of ether oxygens (including phenoxy) is 1. The van der Waals surface area contributed by atoms with Gasteiger partial charge < -0.3 is 9.64 Å². The van der Waals surface area contributed by atoms with Crippen molar-refractivity contribution >= 4 is 17.9 Å². The van der Waals surface area contributed by atoms with Crippen molar-refractivity contribution in [2.45, 2.75) is 26.2 Å². The minimum atomic E-state index is -0.295. The molecule has 0 atom stereocenters. The molecule has 0 spiro atoms. The number of likely N-dealkylation sites (N-methyl/N-ethyl adjacent to an activating group) is 1. The zero-order valence-electron chi connectivity index (χ0n) is 10.3. The van der Waals surface area contributed by atoms with Crippen molar-refractivity contribution < 1.29 is 19.1 Å². The number of hydrogen-bond donors (Lipinski definition) is 0. The number of carbonyl (C=O) groups is 3. The van der Waals surface area contributed by atoms with E-state index in [0.717, 1.165) is 6.42 Å². The molecule has 0 aromatic heterocycles. The third kappa shape index (κ3) is 3.72. The van der Waals surface area contributed by atoms with Crippen LogP contribution in [-0.2, 0) is 14.3 Å². The van der Waals surface area contributed by atoms with Crippen molar-refractivity contribution in [3.05, 3.63) is 0 Å². The van der Waals surface area contributed by atoms with Crippen molar-refractivity contribution in [2.24, 2.45) is 0 Å². The molecule has 1 rings (SSSR count). The normalized spacial score (nSPS) is 15.6. The highest BCUT2D eigenvalue weighted by Gasteiger charge is 2.32. The summed E-state index contributed by atoms with van der Waals surface area (Å²) in [4.78, 5) is 36.6. The molecule has 6 heteroatoms. The highest BCUT2D eigenvalue weighted by Crippen LogP contribution is 2.09. The Morgan fingerprint density at radius 3 is 2.65 bits per heavy atom. The maximum atomic E-state index is 11.5. The van der Waals surface area contributed by atoms with Crippen LogP contribution in [-0.4, -0.2) is 54.5 Å². The molecule has 1 aliphatic heterocycles. The van der Waals surface area contributed by atoms with E-state index >= 15 is 0 Å². The lowest BCUT2D eigenvalue weighted by molar-refractivity contribution is -0.144. The third-order valence-corrected chi connectivity index (χ3v) is 2.46. The largest absolute Gasteiger partial charge is 0.466 e. The quantitative estimate of drug-likeness (QED) is 0.505. The molecule has 0 aliphatic carbocycles. The summed E-state index contributed by atoms with van der Waals surface area (Å²) in [5, 5.41) is 0. The molecule has 0 unspecified atom stereocenters. The summed E-state index contributed by atoms with van der Waals surface area (Å²) in [7, 11) is 1.58. The Balaban J connectivity index is 2.25. The average Bonchev–Trinajstić information content (AvgIpc) is 2.53. The molecule has 1 aliphatic rings. The Hall–Kier alpha value is -1.59. The van der Waals surface area contributed by atoms with Crippen molar-refractivity contribution in [3.63, 3.8) is 0 Å². The van der Waals surface area contributed by atoms with Gasteiger partial charge in [0.1, 0.15) is 6.54 Å². The van der Waals surface area contributed by atoms with Gasteiger partial charge in [-0.2, -0.15) is 0 Å². The van der Waals surface area contributed by atoms with Crippen LogP contribution in [0.15, 0.2) is 0 Å². The van der Waals surface area contributed by atoms with E-state index in [2.05, 4.69) is 0 Å². The van der Waals surface area contributed by atoms with E-state index in [0.29, 0.717) is 13.0 Å². The molecule has 1 saturated heterocycles. The fourth-order valence-corrected chi connectivity index (χ4v) is 1.56.